The molecule has 2 aromatic rings. The Morgan fingerprint density at radius 2 is 2.00 bits per heavy atom. The minimum atomic E-state index is -1.58. The number of ether oxygens (including phenoxy) is 1. The molecule has 2 aliphatic rings. The lowest BCUT2D eigenvalue weighted by atomic mass is 9.72. The molecule has 0 spiro atoms. The van der Waals surface area contributed by atoms with Gasteiger partial charge in [-0.3, -0.25) is 5.10 Å². The number of hydrogen-bond acceptors (Lipinski definition) is 5. The molecule has 0 amide bonds. The maximum absolute atomic E-state index is 14.8. The molecule has 27 heavy (non-hydrogen) atoms. The van der Waals surface area contributed by atoms with Crippen LogP contribution >= 0.6 is 0 Å². The molecule has 0 bridgehead atoms. The predicted octanol–water partition coefficient (Wildman–Crippen LogP) is 3.54. The van der Waals surface area contributed by atoms with E-state index in [0.717, 1.165) is 19.3 Å². The minimum Gasteiger partial charge on any atom is -0.367 e. The highest BCUT2D eigenvalue weighted by atomic mass is 19.1. The second-order valence-corrected chi connectivity index (χ2v) is 7.18. The van der Waals surface area contributed by atoms with Crippen molar-refractivity contribution in [1.82, 2.24) is 10.2 Å². The molecule has 2 heterocycles. The van der Waals surface area contributed by atoms with Gasteiger partial charge in [0.15, 0.2) is 11.8 Å². The van der Waals surface area contributed by atoms with Gasteiger partial charge in [0, 0.05) is 5.56 Å². The number of nitrogens with two attached hydrogens (primary N) is 1. The first-order chi connectivity index (χ1) is 13.1. The van der Waals surface area contributed by atoms with Crippen LogP contribution in [0.5, 0.6) is 0 Å². The van der Waals surface area contributed by atoms with E-state index in [2.05, 4.69) is 20.5 Å². The van der Waals surface area contributed by atoms with Crippen molar-refractivity contribution in [3.63, 3.8) is 0 Å². The van der Waals surface area contributed by atoms with E-state index in [4.69, 9.17) is 10.5 Å². The van der Waals surface area contributed by atoms with Crippen molar-refractivity contribution in [2.45, 2.75) is 49.5 Å². The molecule has 0 saturated heterocycles. The van der Waals surface area contributed by atoms with Crippen molar-refractivity contribution in [1.29, 1.82) is 0 Å². The average Bonchev–Trinajstić information content (AvgIpc) is 3.18. The van der Waals surface area contributed by atoms with Crippen LogP contribution in [-0.4, -0.2) is 28.7 Å². The van der Waals surface area contributed by atoms with Crippen LogP contribution in [-0.2, 0) is 10.4 Å². The zero-order valence-electron chi connectivity index (χ0n) is 14.9. The lowest BCUT2D eigenvalue weighted by molar-refractivity contribution is -0.135. The number of rotatable bonds is 5. The normalized spacial score (nSPS) is 24.9. The largest absolute Gasteiger partial charge is 0.367 e. The van der Waals surface area contributed by atoms with Gasteiger partial charge in [-0.15, -0.1) is 0 Å². The van der Waals surface area contributed by atoms with Gasteiger partial charge in [0.1, 0.15) is 17.2 Å². The van der Waals surface area contributed by atoms with Gasteiger partial charge in [0.2, 0.25) is 0 Å². The topological polar surface area (TPSA) is 88.3 Å². The number of benzene rings is 1. The van der Waals surface area contributed by atoms with E-state index < -0.39 is 23.3 Å². The number of H-pyrrole nitrogens is 1. The molecule has 1 aliphatic heterocycles. The fourth-order valence-corrected chi connectivity index (χ4v) is 4.13. The number of aromatic amines is 1. The first kappa shape index (κ1) is 18.1. The number of alkyl halides is 1. The number of nitrogens with zero attached hydrogens (tertiary/aromatic N) is 2. The van der Waals surface area contributed by atoms with Crippen molar-refractivity contribution in [3.8, 4) is 0 Å². The third-order valence-corrected chi connectivity index (χ3v) is 5.63. The zero-order valence-corrected chi connectivity index (χ0v) is 14.9. The summed E-state index contributed by atoms with van der Waals surface area (Å²) in [6.45, 7) is -0.282. The highest BCUT2D eigenvalue weighted by Crippen LogP contribution is 2.48. The Kier molecular flexibility index (Phi) is 4.69. The Bertz CT molecular complexity index is 833. The number of hydrogen-bond donors (Lipinski definition) is 3. The Hall–Kier alpha value is -2.32. The number of nitrogens with one attached hydrogen (secondary N) is 2. The lowest BCUT2D eigenvalue weighted by Crippen LogP contribution is -2.60. The molecule has 4 N–H and O–H groups in total. The summed E-state index contributed by atoms with van der Waals surface area (Å²) < 4.78 is 34.9. The van der Waals surface area contributed by atoms with E-state index in [-0.39, 0.29) is 12.2 Å². The van der Waals surface area contributed by atoms with Gasteiger partial charge >= 0.3 is 0 Å². The standard InChI is InChI=1S/C19H23F2N5O/c20-15-7-3-2-6-13(15)16(21)11-27-18(8-4-1-5-9-18)19(22)14-10-25-26-17(14)23-12-24-19/h2-3,6-7,10,12,16H,1,4-5,8-9,11,22H2,(H2,23,24,25,26)/t16-,19?/m0/s1. The molecule has 4 rings (SSSR count). The van der Waals surface area contributed by atoms with E-state index in [1.54, 1.807) is 12.3 Å². The molecule has 1 saturated carbocycles. The second kappa shape index (κ2) is 7.01. The molecule has 0 radical (unpaired) electrons. The van der Waals surface area contributed by atoms with Gasteiger partial charge in [-0.05, 0) is 18.9 Å². The summed E-state index contributed by atoms with van der Waals surface area (Å²) in [6, 6.07) is 5.83. The fraction of sp³-hybridized carbons (Fsp3) is 0.474. The Labute approximate surface area is 156 Å². The quantitative estimate of drug-likeness (QED) is 0.746. The number of anilines is 1. The van der Waals surface area contributed by atoms with Crippen LogP contribution in [0.2, 0.25) is 0 Å². The van der Waals surface area contributed by atoms with Gasteiger partial charge in [-0.1, -0.05) is 37.5 Å². The molecular formula is C19H23F2N5O. The molecule has 6 nitrogen and oxygen atoms in total. The number of halogens is 2. The highest BCUT2D eigenvalue weighted by molar-refractivity contribution is 5.79. The lowest BCUT2D eigenvalue weighted by Gasteiger charge is -2.48. The molecule has 1 unspecified atom stereocenters. The van der Waals surface area contributed by atoms with Crippen LogP contribution < -0.4 is 11.1 Å². The fourth-order valence-electron chi connectivity index (χ4n) is 4.13. The van der Waals surface area contributed by atoms with Crippen LogP contribution in [0, 0.1) is 5.82 Å². The van der Waals surface area contributed by atoms with Gasteiger partial charge in [0.05, 0.1) is 24.7 Å². The molecule has 144 valence electrons. The second-order valence-electron chi connectivity index (χ2n) is 7.18. The summed E-state index contributed by atoms with van der Waals surface area (Å²) >= 11 is 0. The highest BCUT2D eigenvalue weighted by Gasteiger charge is 2.54. The summed E-state index contributed by atoms with van der Waals surface area (Å²) in [5, 5.41) is 9.89. The predicted molar refractivity (Wildman–Crippen MR) is 98.6 cm³/mol. The number of aliphatic imine (C=N–C) groups is 1. The number of fused-ring (bicyclic) bond motifs is 1. The van der Waals surface area contributed by atoms with Crippen molar-refractivity contribution >= 4 is 12.2 Å². The molecule has 1 aromatic carbocycles. The molecular weight excluding hydrogens is 352 g/mol. The summed E-state index contributed by atoms with van der Waals surface area (Å²) in [5.74, 6) is 0.0812. The van der Waals surface area contributed by atoms with E-state index in [9.17, 15) is 8.78 Å². The number of aromatic nitrogens is 2. The monoisotopic (exact) mass is 375 g/mol. The van der Waals surface area contributed by atoms with E-state index in [1.807, 2.05) is 0 Å². The summed E-state index contributed by atoms with van der Waals surface area (Å²) in [7, 11) is 0. The van der Waals surface area contributed by atoms with Crippen LogP contribution in [0.25, 0.3) is 0 Å². The van der Waals surface area contributed by atoms with E-state index in [0.29, 0.717) is 24.2 Å². The third kappa shape index (κ3) is 3.02. The van der Waals surface area contributed by atoms with Gasteiger partial charge in [-0.25, -0.2) is 13.8 Å². The summed E-state index contributed by atoms with van der Waals surface area (Å²) in [6.07, 6.45) is 5.74. The van der Waals surface area contributed by atoms with E-state index >= 15 is 0 Å². The SMILES string of the molecule is NC1(C2(OC[C@H](F)c3ccccc3F)CCCCC2)N=CNc2[nH]ncc21. The van der Waals surface area contributed by atoms with Crippen molar-refractivity contribution in [2.75, 3.05) is 11.9 Å². The molecule has 1 aliphatic carbocycles. The van der Waals surface area contributed by atoms with Crippen LogP contribution in [0.3, 0.4) is 0 Å². The van der Waals surface area contributed by atoms with E-state index in [1.165, 1.54) is 24.5 Å². The Morgan fingerprint density at radius 3 is 2.78 bits per heavy atom. The summed E-state index contributed by atoms with van der Waals surface area (Å²) in [5.41, 5.74) is 5.38. The Balaban J connectivity index is 1.63. The maximum atomic E-state index is 14.8. The zero-order chi connectivity index (χ0) is 18.9. The molecule has 8 heteroatoms. The average molecular weight is 375 g/mol. The smallest absolute Gasteiger partial charge is 0.169 e. The van der Waals surface area contributed by atoms with Crippen LogP contribution in [0.15, 0.2) is 35.5 Å². The molecule has 2 atom stereocenters. The van der Waals surface area contributed by atoms with Gasteiger partial charge in [-0.2, -0.15) is 5.10 Å². The molecule has 1 aromatic heterocycles. The van der Waals surface area contributed by atoms with Crippen LogP contribution in [0.1, 0.15) is 49.4 Å². The van der Waals surface area contributed by atoms with Gasteiger partial charge in [0.25, 0.3) is 0 Å². The molecule has 1 fully saturated rings. The van der Waals surface area contributed by atoms with Crippen molar-refractivity contribution in [2.24, 2.45) is 10.7 Å². The van der Waals surface area contributed by atoms with Gasteiger partial charge < -0.3 is 15.8 Å². The first-order valence-corrected chi connectivity index (χ1v) is 9.21. The van der Waals surface area contributed by atoms with Crippen LogP contribution in [0.4, 0.5) is 14.6 Å². The first-order valence-electron chi connectivity index (χ1n) is 9.21. The maximum Gasteiger partial charge on any atom is 0.169 e. The Morgan fingerprint density at radius 1 is 1.22 bits per heavy atom. The minimum absolute atomic E-state index is 0.00709. The van der Waals surface area contributed by atoms with Crippen molar-refractivity contribution < 1.29 is 13.5 Å². The van der Waals surface area contributed by atoms with Crippen molar-refractivity contribution in [3.05, 3.63) is 47.4 Å². The summed E-state index contributed by atoms with van der Waals surface area (Å²) in [4.78, 5) is 4.50. The third-order valence-electron chi connectivity index (χ3n) is 5.63.